The third-order valence-electron chi connectivity index (χ3n) is 6.32. The fourth-order valence-electron chi connectivity index (χ4n) is 4.74. The highest BCUT2D eigenvalue weighted by Crippen LogP contribution is 2.44. The summed E-state index contributed by atoms with van der Waals surface area (Å²) in [5, 5.41) is 21.8. The van der Waals surface area contributed by atoms with E-state index in [4.69, 9.17) is 4.74 Å². The zero-order valence-electron chi connectivity index (χ0n) is 18.4. The molecule has 4 rings (SSSR count). The number of rotatable bonds is 6. The Hall–Kier alpha value is -3.39. The van der Waals surface area contributed by atoms with Crippen LogP contribution in [0.5, 0.6) is 0 Å². The molecule has 1 fully saturated rings. The van der Waals surface area contributed by atoms with Gasteiger partial charge in [0.2, 0.25) is 5.91 Å². The van der Waals surface area contributed by atoms with Crippen molar-refractivity contribution in [1.82, 2.24) is 10.2 Å². The van der Waals surface area contributed by atoms with Gasteiger partial charge >= 0.3 is 12.1 Å². The Bertz CT molecular complexity index is 1010. The van der Waals surface area contributed by atoms with Crippen molar-refractivity contribution in [3.05, 3.63) is 59.7 Å². The molecular formula is C25H28N2O6. The van der Waals surface area contributed by atoms with Gasteiger partial charge in [-0.15, -0.1) is 0 Å². The van der Waals surface area contributed by atoms with Gasteiger partial charge in [0.05, 0.1) is 12.0 Å². The van der Waals surface area contributed by atoms with Crippen LogP contribution < -0.4 is 5.32 Å². The molecule has 2 amide bonds. The number of β-amino-alcohol motifs (C(OH)–C–C–N with tert-alkyl or cyclic N) is 1. The summed E-state index contributed by atoms with van der Waals surface area (Å²) in [6, 6.07) is 15.6. The van der Waals surface area contributed by atoms with E-state index in [1.807, 2.05) is 36.4 Å². The lowest BCUT2D eigenvalue weighted by atomic mass is 9.95. The van der Waals surface area contributed by atoms with E-state index in [2.05, 4.69) is 17.4 Å². The van der Waals surface area contributed by atoms with Crippen LogP contribution in [0.2, 0.25) is 0 Å². The van der Waals surface area contributed by atoms with Crippen LogP contribution in [0.1, 0.15) is 36.8 Å². The van der Waals surface area contributed by atoms with Gasteiger partial charge in [-0.3, -0.25) is 9.59 Å². The number of hydrogen-bond donors (Lipinski definition) is 3. The van der Waals surface area contributed by atoms with Crippen molar-refractivity contribution in [1.29, 1.82) is 0 Å². The molecule has 1 saturated heterocycles. The molecule has 1 aliphatic heterocycles. The minimum atomic E-state index is -1.03. The average Bonchev–Trinajstić information content (AvgIpc) is 3.11. The molecule has 2 aliphatic rings. The lowest BCUT2D eigenvalue weighted by Crippen LogP contribution is -2.49. The Kier molecular flexibility index (Phi) is 6.65. The molecule has 174 valence electrons. The Morgan fingerprint density at radius 3 is 2.27 bits per heavy atom. The van der Waals surface area contributed by atoms with E-state index in [1.165, 1.54) is 4.90 Å². The highest BCUT2D eigenvalue weighted by Gasteiger charge is 2.33. The van der Waals surface area contributed by atoms with Crippen molar-refractivity contribution >= 4 is 18.0 Å². The largest absolute Gasteiger partial charge is 0.481 e. The first-order valence-corrected chi connectivity index (χ1v) is 11.1. The van der Waals surface area contributed by atoms with Crippen LogP contribution in [-0.2, 0) is 14.3 Å². The smallest absolute Gasteiger partial charge is 0.407 e. The molecule has 2 aromatic rings. The van der Waals surface area contributed by atoms with E-state index in [0.717, 1.165) is 22.3 Å². The minimum absolute atomic E-state index is 0.0107. The lowest BCUT2D eigenvalue weighted by Gasteiger charge is -2.34. The van der Waals surface area contributed by atoms with Gasteiger partial charge in [0.15, 0.2) is 0 Å². The molecule has 3 atom stereocenters. The molecule has 0 bridgehead atoms. The molecule has 0 aromatic heterocycles. The van der Waals surface area contributed by atoms with Gasteiger partial charge < -0.3 is 25.2 Å². The number of hydrogen-bond acceptors (Lipinski definition) is 5. The number of likely N-dealkylation sites (tertiary alicyclic amines) is 1. The van der Waals surface area contributed by atoms with Crippen LogP contribution in [0, 0.1) is 5.92 Å². The zero-order chi connectivity index (χ0) is 23.5. The number of aliphatic hydroxyl groups is 1. The maximum absolute atomic E-state index is 12.6. The number of aliphatic hydroxyl groups excluding tert-OH is 1. The van der Waals surface area contributed by atoms with E-state index in [1.54, 1.807) is 6.92 Å². The van der Waals surface area contributed by atoms with Gasteiger partial charge in [-0.05, 0) is 35.6 Å². The Morgan fingerprint density at radius 1 is 1.06 bits per heavy atom. The third-order valence-corrected chi connectivity index (χ3v) is 6.32. The number of fused-ring (bicyclic) bond motifs is 3. The molecule has 2 unspecified atom stereocenters. The Morgan fingerprint density at radius 2 is 1.67 bits per heavy atom. The summed E-state index contributed by atoms with van der Waals surface area (Å²) in [7, 11) is 0. The summed E-state index contributed by atoms with van der Waals surface area (Å²) in [6.45, 7) is 2.02. The molecule has 0 saturated carbocycles. The van der Waals surface area contributed by atoms with Crippen LogP contribution in [0.15, 0.2) is 48.5 Å². The van der Waals surface area contributed by atoms with Crippen molar-refractivity contribution < 1.29 is 29.3 Å². The SMILES string of the molecule is C[C@@H](CC(=O)N1CC(O)CC(C(=O)O)C1)NC(=O)OCC1c2ccccc2-c2ccccc21. The molecule has 3 N–H and O–H groups in total. The van der Waals surface area contributed by atoms with Gasteiger partial charge in [0, 0.05) is 31.5 Å². The van der Waals surface area contributed by atoms with Crippen molar-refractivity contribution in [3.8, 4) is 11.1 Å². The van der Waals surface area contributed by atoms with Crippen LogP contribution in [0.25, 0.3) is 11.1 Å². The predicted octanol–water partition coefficient (Wildman–Crippen LogP) is 2.60. The Balaban J connectivity index is 1.31. The second kappa shape index (κ2) is 9.62. The number of amides is 2. The summed E-state index contributed by atoms with van der Waals surface area (Å²) in [5.74, 6) is -2.19. The highest BCUT2D eigenvalue weighted by molar-refractivity contribution is 5.80. The maximum atomic E-state index is 12.6. The predicted molar refractivity (Wildman–Crippen MR) is 121 cm³/mol. The van der Waals surface area contributed by atoms with Crippen LogP contribution >= 0.6 is 0 Å². The van der Waals surface area contributed by atoms with Crippen molar-refractivity contribution in [3.63, 3.8) is 0 Å². The molecule has 2 aromatic carbocycles. The number of carboxylic acids is 1. The Labute approximate surface area is 192 Å². The number of ether oxygens (including phenoxy) is 1. The summed E-state index contributed by atoms with van der Waals surface area (Å²) in [4.78, 5) is 37.6. The van der Waals surface area contributed by atoms with Crippen LogP contribution in [0.4, 0.5) is 4.79 Å². The van der Waals surface area contributed by atoms with E-state index >= 15 is 0 Å². The van der Waals surface area contributed by atoms with E-state index < -0.39 is 30.1 Å². The number of carboxylic acid groups (broad SMARTS) is 1. The molecule has 1 aliphatic carbocycles. The monoisotopic (exact) mass is 452 g/mol. The minimum Gasteiger partial charge on any atom is -0.481 e. The van der Waals surface area contributed by atoms with Crippen molar-refractivity contribution in [2.75, 3.05) is 19.7 Å². The van der Waals surface area contributed by atoms with Gasteiger partial charge in [-0.1, -0.05) is 48.5 Å². The number of aliphatic carboxylic acids is 1. The standard InChI is InChI=1S/C25H28N2O6/c1-15(10-23(29)27-12-16(24(30)31)11-17(28)13-27)26-25(32)33-14-22-20-8-4-2-6-18(20)19-7-3-5-9-21(19)22/h2-9,15-17,22,28H,10-14H2,1H3,(H,26,32)(H,30,31)/t15-,16?,17?/m0/s1. The van der Waals surface area contributed by atoms with Gasteiger partial charge in [0.25, 0.3) is 0 Å². The normalized spacial score (nSPS) is 20.5. The fraction of sp³-hybridized carbons (Fsp3) is 0.400. The number of benzene rings is 2. The van der Waals surface area contributed by atoms with E-state index in [-0.39, 0.29) is 44.4 Å². The number of nitrogens with one attached hydrogen (secondary N) is 1. The van der Waals surface area contributed by atoms with Gasteiger partial charge in [0.1, 0.15) is 6.61 Å². The first-order valence-electron chi connectivity index (χ1n) is 11.1. The van der Waals surface area contributed by atoms with E-state index in [0.29, 0.717) is 0 Å². The molecular weight excluding hydrogens is 424 g/mol. The molecule has 0 spiro atoms. The quantitative estimate of drug-likeness (QED) is 0.620. The van der Waals surface area contributed by atoms with Gasteiger partial charge in [-0.25, -0.2) is 4.79 Å². The summed E-state index contributed by atoms with van der Waals surface area (Å²) < 4.78 is 5.51. The van der Waals surface area contributed by atoms with Crippen molar-refractivity contribution in [2.24, 2.45) is 5.92 Å². The molecule has 33 heavy (non-hydrogen) atoms. The average molecular weight is 453 g/mol. The number of piperidine rings is 1. The highest BCUT2D eigenvalue weighted by atomic mass is 16.5. The number of nitrogens with zero attached hydrogens (tertiary/aromatic N) is 1. The second-order valence-corrected chi connectivity index (χ2v) is 8.80. The number of carbonyl (C=O) groups is 3. The topological polar surface area (TPSA) is 116 Å². The van der Waals surface area contributed by atoms with Crippen LogP contribution in [0.3, 0.4) is 0 Å². The third kappa shape index (κ3) is 5.01. The number of alkyl carbamates (subject to hydrolysis) is 1. The lowest BCUT2D eigenvalue weighted by molar-refractivity contribution is -0.148. The molecule has 8 heteroatoms. The number of carbonyl (C=O) groups excluding carboxylic acids is 2. The molecule has 1 heterocycles. The summed E-state index contributed by atoms with van der Waals surface area (Å²) in [5.41, 5.74) is 4.52. The van der Waals surface area contributed by atoms with E-state index in [9.17, 15) is 24.6 Å². The fourth-order valence-corrected chi connectivity index (χ4v) is 4.74. The second-order valence-electron chi connectivity index (χ2n) is 8.80. The maximum Gasteiger partial charge on any atom is 0.407 e. The molecule has 8 nitrogen and oxygen atoms in total. The summed E-state index contributed by atoms with van der Waals surface area (Å²) in [6.07, 6.45) is -1.36. The first-order chi connectivity index (χ1) is 15.8. The van der Waals surface area contributed by atoms with Crippen molar-refractivity contribution in [2.45, 2.75) is 37.8 Å². The zero-order valence-corrected chi connectivity index (χ0v) is 18.4. The summed E-state index contributed by atoms with van der Waals surface area (Å²) >= 11 is 0. The van der Waals surface area contributed by atoms with Gasteiger partial charge in [-0.2, -0.15) is 0 Å². The first kappa shape index (κ1) is 22.8. The molecule has 0 radical (unpaired) electrons. The van der Waals surface area contributed by atoms with Crippen LogP contribution in [-0.4, -0.2) is 64.9 Å².